The van der Waals surface area contributed by atoms with Gasteiger partial charge >= 0.3 is 6.03 Å². The Labute approximate surface area is 103 Å². The molecule has 1 N–H and O–H groups in total. The first-order valence-corrected chi connectivity index (χ1v) is 5.21. The zero-order valence-corrected chi connectivity index (χ0v) is 9.81. The van der Waals surface area contributed by atoms with Gasteiger partial charge in [-0.3, -0.25) is 4.57 Å². The van der Waals surface area contributed by atoms with E-state index in [1.807, 2.05) is 0 Å². The molecule has 1 aromatic heterocycles. The van der Waals surface area contributed by atoms with Crippen molar-refractivity contribution in [3.8, 4) is 5.75 Å². The highest BCUT2D eigenvalue weighted by atomic mass is 35.5. The van der Waals surface area contributed by atoms with Crippen LogP contribution in [0.1, 0.15) is 0 Å². The minimum absolute atomic E-state index is 0.299. The highest BCUT2D eigenvalue weighted by molar-refractivity contribution is 6.32. The van der Waals surface area contributed by atoms with Crippen molar-refractivity contribution < 1.29 is 9.53 Å². The van der Waals surface area contributed by atoms with E-state index in [0.29, 0.717) is 16.5 Å². The van der Waals surface area contributed by atoms with Gasteiger partial charge < -0.3 is 10.1 Å². The highest BCUT2D eigenvalue weighted by Crippen LogP contribution is 2.27. The van der Waals surface area contributed by atoms with Crippen molar-refractivity contribution in [1.82, 2.24) is 9.55 Å². The molecule has 0 bridgehead atoms. The number of hydrogen-bond donors (Lipinski definition) is 1. The lowest BCUT2D eigenvalue weighted by Gasteiger charge is -2.08. The summed E-state index contributed by atoms with van der Waals surface area (Å²) in [6.07, 6.45) is 4.51. The number of carbonyl (C=O) groups is 1. The molecule has 5 nitrogen and oxygen atoms in total. The van der Waals surface area contributed by atoms with Gasteiger partial charge in [-0.1, -0.05) is 11.6 Å². The molecule has 0 saturated carbocycles. The fourth-order valence-electron chi connectivity index (χ4n) is 1.30. The molecule has 1 heterocycles. The van der Waals surface area contributed by atoms with Crippen LogP contribution in [0.15, 0.2) is 36.9 Å². The largest absolute Gasteiger partial charge is 0.495 e. The molecule has 0 atom stereocenters. The van der Waals surface area contributed by atoms with E-state index in [-0.39, 0.29) is 6.03 Å². The van der Waals surface area contributed by atoms with E-state index in [1.54, 1.807) is 24.4 Å². The molecule has 1 aromatic carbocycles. The van der Waals surface area contributed by atoms with Crippen molar-refractivity contribution in [1.29, 1.82) is 0 Å². The van der Waals surface area contributed by atoms with Crippen molar-refractivity contribution in [3.05, 3.63) is 41.9 Å². The molecule has 0 aliphatic carbocycles. The maximum atomic E-state index is 11.7. The average molecular weight is 252 g/mol. The molecular formula is C11H10ClN3O2. The number of rotatable bonds is 2. The number of amides is 1. The third kappa shape index (κ3) is 2.57. The third-order valence-electron chi connectivity index (χ3n) is 2.14. The number of hydrogen-bond acceptors (Lipinski definition) is 3. The molecule has 0 aliphatic heterocycles. The van der Waals surface area contributed by atoms with Crippen LogP contribution in [0.4, 0.5) is 10.5 Å². The summed E-state index contributed by atoms with van der Waals surface area (Å²) >= 11 is 5.88. The van der Waals surface area contributed by atoms with E-state index in [9.17, 15) is 4.79 Å². The lowest BCUT2D eigenvalue weighted by atomic mass is 10.3. The molecule has 0 spiro atoms. The minimum atomic E-state index is -0.299. The molecular weight excluding hydrogens is 242 g/mol. The van der Waals surface area contributed by atoms with Gasteiger partial charge in [-0.15, -0.1) is 0 Å². The van der Waals surface area contributed by atoms with Gasteiger partial charge in [0.2, 0.25) is 0 Å². The summed E-state index contributed by atoms with van der Waals surface area (Å²) in [5, 5.41) is 3.19. The topological polar surface area (TPSA) is 56.1 Å². The summed E-state index contributed by atoms with van der Waals surface area (Å²) < 4.78 is 6.39. The smallest absolute Gasteiger partial charge is 0.331 e. The molecule has 0 saturated heterocycles. The molecule has 88 valence electrons. The molecule has 0 radical (unpaired) electrons. The third-order valence-corrected chi connectivity index (χ3v) is 2.45. The number of ether oxygens (including phenoxy) is 1. The van der Waals surface area contributed by atoms with Crippen LogP contribution in [-0.2, 0) is 0 Å². The Balaban J connectivity index is 2.16. The molecule has 0 aliphatic rings. The molecule has 0 fully saturated rings. The fourth-order valence-corrected chi connectivity index (χ4v) is 1.50. The highest BCUT2D eigenvalue weighted by Gasteiger charge is 2.06. The summed E-state index contributed by atoms with van der Waals surface area (Å²) in [6, 6.07) is 4.70. The Morgan fingerprint density at radius 1 is 1.53 bits per heavy atom. The van der Waals surface area contributed by atoms with Gasteiger partial charge in [-0.25, -0.2) is 9.78 Å². The predicted molar refractivity (Wildman–Crippen MR) is 64.6 cm³/mol. The van der Waals surface area contributed by atoms with Gasteiger partial charge in [-0.05, 0) is 12.1 Å². The Hall–Kier alpha value is -2.01. The van der Waals surface area contributed by atoms with Crippen LogP contribution < -0.4 is 10.1 Å². The summed E-state index contributed by atoms with van der Waals surface area (Å²) in [5.41, 5.74) is 0.602. The fraction of sp³-hybridized carbons (Fsp3) is 0.0909. The first-order chi connectivity index (χ1) is 8.20. The van der Waals surface area contributed by atoms with E-state index in [4.69, 9.17) is 16.3 Å². The Bertz CT molecular complexity index is 526. The normalized spacial score (nSPS) is 10.0. The quantitative estimate of drug-likeness (QED) is 0.893. The number of aromatic nitrogens is 2. The Morgan fingerprint density at radius 2 is 2.35 bits per heavy atom. The van der Waals surface area contributed by atoms with Gasteiger partial charge in [0.05, 0.1) is 12.1 Å². The molecule has 0 unspecified atom stereocenters. The minimum Gasteiger partial charge on any atom is -0.495 e. The van der Waals surface area contributed by atoms with E-state index < -0.39 is 0 Å². The second-order valence-corrected chi connectivity index (χ2v) is 3.66. The maximum absolute atomic E-state index is 11.7. The summed E-state index contributed by atoms with van der Waals surface area (Å²) in [4.78, 5) is 15.5. The molecule has 17 heavy (non-hydrogen) atoms. The average Bonchev–Trinajstić information content (AvgIpc) is 2.85. The van der Waals surface area contributed by atoms with Crippen molar-refractivity contribution in [2.24, 2.45) is 0 Å². The zero-order chi connectivity index (χ0) is 12.3. The van der Waals surface area contributed by atoms with Gasteiger partial charge in [0.15, 0.2) is 0 Å². The lowest BCUT2D eigenvalue weighted by Crippen LogP contribution is -2.17. The summed E-state index contributed by atoms with van der Waals surface area (Å²) in [7, 11) is 1.52. The van der Waals surface area contributed by atoms with Crippen molar-refractivity contribution in [2.75, 3.05) is 12.4 Å². The monoisotopic (exact) mass is 251 g/mol. The maximum Gasteiger partial charge on any atom is 0.331 e. The first-order valence-electron chi connectivity index (χ1n) is 4.83. The van der Waals surface area contributed by atoms with Crippen molar-refractivity contribution in [3.63, 3.8) is 0 Å². The number of imidazole rings is 1. The second-order valence-electron chi connectivity index (χ2n) is 3.25. The number of nitrogens with zero attached hydrogens (tertiary/aromatic N) is 2. The van der Waals surface area contributed by atoms with Crippen LogP contribution >= 0.6 is 11.6 Å². The van der Waals surface area contributed by atoms with Gasteiger partial charge in [-0.2, -0.15) is 0 Å². The van der Waals surface area contributed by atoms with E-state index in [1.165, 1.54) is 24.2 Å². The van der Waals surface area contributed by atoms with Crippen LogP contribution in [-0.4, -0.2) is 22.7 Å². The molecule has 6 heteroatoms. The van der Waals surface area contributed by atoms with Gasteiger partial charge in [0.25, 0.3) is 0 Å². The number of nitrogens with one attached hydrogen (secondary N) is 1. The van der Waals surface area contributed by atoms with Crippen LogP contribution in [0, 0.1) is 0 Å². The SMILES string of the molecule is COc1cc(NC(=O)n2ccnc2)ccc1Cl. The van der Waals surface area contributed by atoms with Crippen LogP contribution in [0.5, 0.6) is 5.75 Å². The molecule has 1 amide bonds. The predicted octanol–water partition coefficient (Wildman–Crippen LogP) is 2.63. The lowest BCUT2D eigenvalue weighted by molar-refractivity contribution is 0.253. The number of carbonyl (C=O) groups excluding carboxylic acids is 1. The Kier molecular flexibility index (Phi) is 3.30. The Morgan fingerprint density at radius 3 is 3.00 bits per heavy atom. The van der Waals surface area contributed by atoms with Crippen LogP contribution in [0.3, 0.4) is 0 Å². The van der Waals surface area contributed by atoms with Crippen LogP contribution in [0.25, 0.3) is 0 Å². The van der Waals surface area contributed by atoms with Crippen LogP contribution in [0.2, 0.25) is 5.02 Å². The van der Waals surface area contributed by atoms with E-state index in [2.05, 4.69) is 10.3 Å². The standard InChI is InChI=1S/C11H10ClN3O2/c1-17-10-6-8(2-3-9(10)12)14-11(16)15-5-4-13-7-15/h2-7H,1H3,(H,14,16). The van der Waals surface area contributed by atoms with Crippen molar-refractivity contribution in [2.45, 2.75) is 0 Å². The second kappa shape index (κ2) is 4.88. The number of benzene rings is 1. The molecule has 2 rings (SSSR count). The van der Waals surface area contributed by atoms with Gasteiger partial charge in [0, 0.05) is 24.1 Å². The van der Waals surface area contributed by atoms with Crippen molar-refractivity contribution >= 4 is 23.3 Å². The molecule has 2 aromatic rings. The van der Waals surface area contributed by atoms with Gasteiger partial charge in [0.1, 0.15) is 12.1 Å². The van der Waals surface area contributed by atoms with E-state index in [0.717, 1.165) is 0 Å². The first kappa shape index (κ1) is 11.5. The number of anilines is 1. The summed E-state index contributed by atoms with van der Waals surface area (Å²) in [6.45, 7) is 0. The number of halogens is 1. The summed E-state index contributed by atoms with van der Waals surface area (Å²) in [5.74, 6) is 0.509. The van der Waals surface area contributed by atoms with E-state index >= 15 is 0 Å². The number of methoxy groups -OCH3 is 1. The zero-order valence-electron chi connectivity index (χ0n) is 9.05.